The quantitative estimate of drug-likeness (QED) is 0.234. The number of hydrogen-bond donors (Lipinski definition) is 2. The highest BCUT2D eigenvalue weighted by atomic mass is 16.7. The zero-order valence-electron chi connectivity index (χ0n) is 36.9. The maximum atomic E-state index is 14.6. The van der Waals surface area contributed by atoms with Gasteiger partial charge in [0, 0.05) is 45.3 Å². The fourth-order valence-electron chi connectivity index (χ4n) is 9.53. The molecule has 0 aromatic heterocycles. The zero-order chi connectivity index (χ0) is 42.9. The van der Waals surface area contributed by atoms with Crippen molar-refractivity contribution >= 4 is 17.9 Å². The SMILES string of the molecule is CCC(=O)O[C@@]1(C)[C@H](OC(C)=O)[C@@H](C)C2=C(C)C[C@@](C)(O2)[C@H](O[C@@H]2O[C@H](C)C[C@H](N(C)C)[C@H]2O)[C@@H](C)[C@H](O[C@H]2C[C@@](C)(OC)[C@@H](O)[C@H](C)O2)[C@@H](C)C(=O)O[C@@H]1CC. The molecule has 4 aliphatic heterocycles. The van der Waals surface area contributed by atoms with Crippen molar-refractivity contribution in [3.05, 3.63) is 11.3 Å². The lowest BCUT2D eigenvalue weighted by molar-refractivity contribution is -0.316. The van der Waals surface area contributed by atoms with Crippen LogP contribution in [0.2, 0.25) is 0 Å². The second-order valence-electron chi connectivity index (χ2n) is 17.7. The number of aliphatic hydroxyl groups excluding tert-OH is 2. The number of carbonyl (C=O) groups excluding carboxylic acids is 3. The summed E-state index contributed by atoms with van der Waals surface area (Å²) in [6, 6.07) is -0.272. The van der Waals surface area contributed by atoms with Gasteiger partial charge in [0.2, 0.25) is 0 Å². The van der Waals surface area contributed by atoms with Crippen molar-refractivity contribution in [2.45, 2.75) is 199 Å². The minimum atomic E-state index is -1.65. The summed E-state index contributed by atoms with van der Waals surface area (Å²) >= 11 is 0. The standard InChI is InChI=1S/C42H71NO14/c1-16-29-42(12,56-30(45)17-2)37(52-27(9)44)23(5)33-21(3)19-41(11,57-33)36(55-39-32(46)28(43(13)14)18-22(4)50-39)24(6)34(25(7)38(48)53-29)54-31-20-40(10,49-15)35(47)26(8)51-31/h22-26,28-29,31-32,34-37,39,46-47H,16-20H2,1-15H3/t22-,23+,24+,25-,26+,28+,29-,31+,32-,34+,35+,36-,37-,39+,40-,41-,42-/m1/s1. The first-order valence-electron chi connectivity index (χ1n) is 20.6. The molecule has 0 saturated carbocycles. The van der Waals surface area contributed by atoms with Crippen LogP contribution in [0.3, 0.4) is 0 Å². The summed E-state index contributed by atoms with van der Waals surface area (Å²) < 4.78 is 57.7. The molecule has 17 atom stereocenters. The number of rotatable bonds is 10. The van der Waals surface area contributed by atoms with E-state index in [0.717, 1.165) is 5.57 Å². The number of methoxy groups -OCH3 is 1. The van der Waals surface area contributed by atoms with E-state index in [1.165, 1.54) is 14.0 Å². The van der Waals surface area contributed by atoms with Crippen molar-refractivity contribution in [3.8, 4) is 0 Å². The number of likely N-dealkylation sites (N-methyl/N-ethyl adjacent to an activating group) is 1. The molecule has 15 nitrogen and oxygen atoms in total. The van der Waals surface area contributed by atoms with Crippen LogP contribution in [0.15, 0.2) is 11.3 Å². The maximum Gasteiger partial charge on any atom is 0.311 e. The Balaban J connectivity index is 1.93. The lowest BCUT2D eigenvalue weighted by Crippen LogP contribution is -2.60. The van der Waals surface area contributed by atoms with Gasteiger partial charge in [0.05, 0.1) is 35.7 Å². The lowest BCUT2D eigenvalue weighted by Gasteiger charge is -2.48. The molecular weight excluding hydrogens is 742 g/mol. The summed E-state index contributed by atoms with van der Waals surface area (Å²) in [4.78, 5) is 42.6. The molecule has 4 rings (SSSR count). The van der Waals surface area contributed by atoms with Gasteiger partial charge in [-0.2, -0.15) is 0 Å². The summed E-state index contributed by atoms with van der Waals surface area (Å²) in [7, 11) is 5.31. The summed E-state index contributed by atoms with van der Waals surface area (Å²) in [6.45, 7) is 21.1. The van der Waals surface area contributed by atoms with E-state index in [2.05, 4.69) is 0 Å². The van der Waals surface area contributed by atoms with Crippen LogP contribution < -0.4 is 0 Å². The van der Waals surface area contributed by atoms with Crippen molar-refractivity contribution < 1.29 is 67.2 Å². The van der Waals surface area contributed by atoms with Crippen LogP contribution >= 0.6 is 0 Å². The topological polar surface area (TPSA) is 178 Å². The van der Waals surface area contributed by atoms with E-state index >= 15 is 0 Å². The van der Waals surface area contributed by atoms with Crippen LogP contribution in [0, 0.1) is 17.8 Å². The van der Waals surface area contributed by atoms with Gasteiger partial charge in [0.1, 0.15) is 35.8 Å². The molecule has 4 heterocycles. The monoisotopic (exact) mass is 813 g/mol. The second kappa shape index (κ2) is 18.5. The molecule has 57 heavy (non-hydrogen) atoms. The molecule has 0 amide bonds. The molecule has 0 spiro atoms. The minimum Gasteiger partial charge on any atom is -0.488 e. The molecule has 2 N–H and O–H groups in total. The van der Waals surface area contributed by atoms with Gasteiger partial charge in [-0.3, -0.25) is 14.4 Å². The molecule has 4 aliphatic rings. The third-order valence-electron chi connectivity index (χ3n) is 12.8. The predicted molar refractivity (Wildman–Crippen MR) is 207 cm³/mol. The smallest absolute Gasteiger partial charge is 0.311 e. The molecule has 3 fully saturated rings. The van der Waals surface area contributed by atoms with Crippen molar-refractivity contribution in [2.24, 2.45) is 17.8 Å². The summed E-state index contributed by atoms with van der Waals surface area (Å²) in [5.74, 6) is -3.69. The highest BCUT2D eigenvalue weighted by Gasteiger charge is 2.58. The highest BCUT2D eigenvalue weighted by Crippen LogP contribution is 2.48. The van der Waals surface area contributed by atoms with Gasteiger partial charge in [-0.25, -0.2) is 0 Å². The van der Waals surface area contributed by atoms with Crippen LogP contribution in [0.1, 0.15) is 115 Å². The largest absolute Gasteiger partial charge is 0.488 e. The third kappa shape index (κ3) is 9.82. The van der Waals surface area contributed by atoms with Crippen molar-refractivity contribution in [2.75, 3.05) is 21.2 Å². The third-order valence-corrected chi connectivity index (χ3v) is 12.8. The number of esters is 3. The average molecular weight is 814 g/mol. The van der Waals surface area contributed by atoms with Crippen LogP contribution in [-0.4, -0.2) is 138 Å². The Morgan fingerprint density at radius 3 is 2.18 bits per heavy atom. The fourth-order valence-corrected chi connectivity index (χ4v) is 9.53. The van der Waals surface area contributed by atoms with Gasteiger partial charge in [-0.05, 0) is 81.0 Å². The minimum absolute atomic E-state index is 0.0254. The van der Waals surface area contributed by atoms with E-state index in [1.54, 1.807) is 41.5 Å². The second-order valence-corrected chi connectivity index (χ2v) is 17.7. The van der Waals surface area contributed by atoms with Crippen molar-refractivity contribution in [1.29, 1.82) is 0 Å². The number of cyclic esters (lactones) is 1. The van der Waals surface area contributed by atoms with Gasteiger partial charge in [-0.1, -0.05) is 27.7 Å². The Hall–Kier alpha value is -2.37. The Bertz CT molecular complexity index is 1460. The molecule has 3 saturated heterocycles. The summed E-state index contributed by atoms with van der Waals surface area (Å²) in [6.07, 6.45) is -7.71. The van der Waals surface area contributed by atoms with Gasteiger partial charge < -0.3 is 57.7 Å². The molecule has 0 aromatic carbocycles. The summed E-state index contributed by atoms with van der Waals surface area (Å²) in [5.41, 5.74) is -2.98. The van der Waals surface area contributed by atoms with Gasteiger partial charge >= 0.3 is 17.9 Å². The van der Waals surface area contributed by atoms with E-state index in [1.807, 2.05) is 53.6 Å². The first kappa shape index (κ1) is 47.3. The van der Waals surface area contributed by atoms with E-state index < -0.39 is 108 Å². The number of aliphatic hydroxyl groups is 2. The summed E-state index contributed by atoms with van der Waals surface area (Å²) in [5, 5.41) is 22.7. The van der Waals surface area contributed by atoms with E-state index in [9.17, 15) is 24.6 Å². The first-order chi connectivity index (χ1) is 26.5. The van der Waals surface area contributed by atoms with E-state index in [4.69, 9.17) is 42.6 Å². The number of fused-ring (bicyclic) bond motifs is 2. The van der Waals surface area contributed by atoms with Gasteiger partial charge in [0.15, 0.2) is 24.3 Å². The van der Waals surface area contributed by atoms with Crippen LogP contribution in [0.5, 0.6) is 0 Å². The normalized spacial score (nSPS) is 44.6. The molecule has 0 unspecified atom stereocenters. The zero-order valence-corrected chi connectivity index (χ0v) is 36.9. The number of ether oxygens (including phenoxy) is 9. The molecule has 2 bridgehead atoms. The molecule has 0 aromatic rings. The number of nitrogens with zero attached hydrogens (tertiary/aromatic N) is 1. The predicted octanol–water partition coefficient (Wildman–Crippen LogP) is 4.42. The fraction of sp³-hybridized carbons (Fsp3) is 0.881. The highest BCUT2D eigenvalue weighted by molar-refractivity contribution is 5.73. The molecular formula is C42H71NO14. The number of carbonyl (C=O) groups is 3. The Morgan fingerprint density at radius 1 is 0.965 bits per heavy atom. The maximum absolute atomic E-state index is 14.6. The van der Waals surface area contributed by atoms with Crippen LogP contribution in [0.25, 0.3) is 0 Å². The Morgan fingerprint density at radius 2 is 1.61 bits per heavy atom. The molecule has 0 radical (unpaired) electrons. The number of hydrogen-bond acceptors (Lipinski definition) is 15. The van der Waals surface area contributed by atoms with Gasteiger partial charge in [0.25, 0.3) is 0 Å². The van der Waals surface area contributed by atoms with E-state index in [0.29, 0.717) is 18.6 Å². The molecule has 0 aliphatic carbocycles. The molecule has 15 heteroatoms. The van der Waals surface area contributed by atoms with Crippen LogP contribution in [-0.2, 0) is 57.0 Å². The van der Waals surface area contributed by atoms with E-state index in [-0.39, 0.29) is 31.4 Å². The Labute approximate surface area is 339 Å². The van der Waals surface area contributed by atoms with Gasteiger partial charge in [-0.15, -0.1) is 0 Å². The molecule has 328 valence electrons. The van der Waals surface area contributed by atoms with Crippen LogP contribution in [0.4, 0.5) is 0 Å². The first-order valence-corrected chi connectivity index (χ1v) is 20.6. The average Bonchev–Trinajstić information content (AvgIpc) is 3.46. The van der Waals surface area contributed by atoms with Crippen molar-refractivity contribution in [3.63, 3.8) is 0 Å². The lowest BCUT2D eigenvalue weighted by atomic mass is 9.78. The Kier molecular flexibility index (Phi) is 15.3. The van der Waals surface area contributed by atoms with Crippen molar-refractivity contribution in [1.82, 2.24) is 4.90 Å².